The molecule has 2 nitrogen and oxygen atoms in total. The van der Waals surface area contributed by atoms with Crippen molar-refractivity contribution in [3.63, 3.8) is 0 Å². The molecule has 1 aromatic carbocycles. The Balaban J connectivity index is 2.56. The van der Waals surface area contributed by atoms with Crippen molar-refractivity contribution in [2.45, 2.75) is 18.9 Å². The van der Waals surface area contributed by atoms with Crippen molar-refractivity contribution in [2.75, 3.05) is 5.73 Å². The van der Waals surface area contributed by atoms with E-state index in [1.165, 1.54) is 6.07 Å². The van der Waals surface area contributed by atoms with Crippen LogP contribution in [0.25, 0.3) is 0 Å². The van der Waals surface area contributed by atoms with E-state index in [2.05, 4.69) is 0 Å². The summed E-state index contributed by atoms with van der Waals surface area (Å²) >= 11 is 0. The van der Waals surface area contributed by atoms with Gasteiger partial charge in [0.1, 0.15) is 5.82 Å². The second-order valence-electron chi connectivity index (χ2n) is 3.16. The van der Waals surface area contributed by atoms with Crippen molar-refractivity contribution >= 4 is 5.69 Å². The molecule has 2 rings (SSSR count). The first-order valence-corrected chi connectivity index (χ1v) is 3.92. The highest BCUT2D eigenvalue weighted by molar-refractivity contribution is 5.54. The summed E-state index contributed by atoms with van der Waals surface area (Å²) in [7, 11) is 0. The van der Waals surface area contributed by atoms with Gasteiger partial charge < -0.3 is 10.8 Å². The van der Waals surface area contributed by atoms with Crippen molar-refractivity contribution in [3.8, 4) is 0 Å². The molecule has 12 heavy (non-hydrogen) atoms. The summed E-state index contributed by atoms with van der Waals surface area (Å²) in [5.41, 5.74) is 7.58. The Hall–Kier alpha value is -1.09. The molecule has 0 bridgehead atoms. The highest BCUT2D eigenvalue weighted by Gasteiger charge is 2.23. The Kier molecular flexibility index (Phi) is 1.54. The molecule has 0 aliphatic heterocycles. The zero-order chi connectivity index (χ0) is 8.72. The van der Waals surface area contributed by atoms with E-state index >= 15 is 0 Å². The Morgan fingerprint density at radius 1 is 1.33 bits per heavy atom. The number of aliphatic hydroxyl groups is 1. The molecule has 0 amide bonds. The summed E-state index contributed by atoms with van der Waals surface area (Å²) in [5.74, 6) is -0.254. The predicted molar refractivity (Wildman–Crippen MR) is 44.2 cm³/mol. The lowest BCUT2D eigenvalue weighted by atomic mass is 10.1. The van der Waals surface area contributed by atoms with Gasteiger partial charge in [0.15, 0.2) is 0 Å². The van der Waals surface area contributed by atoms with E-state index in [1.807, 2.05) is 0 Å². The number of hydrogen-bond donors (Lipinski definition) is 2. The lowest BCUT2D eigenvalue weighted by Crippen LogP contribution is -2.04. The number of nitrogen functional groups attached to an aromatic ring is 1. The number of halogens is 1. The van der Waals surface area contributed by atoms with Crippen LogP contribution in [0, 0.1) is 5.82 Å². The average Bonchev–Trinajstić information content (AvgIpc) is 2.41. The van der Waals surface area contributed by atoms with Crippen LogP contribution in [-0.4, -0.2) is 11.2 Å². The Morgan fingerprint density at radius 3 is 2.67 bits per heavy atom. The molecular formula is C9H10FNO. The molecule has 1 aliphatic carbocycles. The van der Waals surface area contributed by atoms with Crippen molar-refractivity contribution in [2.24, 2.45) is 0 Å². The van der Waals surface area contributed by atoms with Gasteiger partial charge in [-0.05, 0) is 23.3 Å². The maximum Gasteiger partial charge on any atom is 0.126 e. The van der Waals surface area contributed by atoms with E-state index in [9.17, 15) is 9.50 Å². The third-order valence-corrected chi connectivity index (χ3v) is 2.29. The van der Waals surface area contributed by atoms with Gasteiger partial charge in [-0.3, -0.25) is 0 Å². The summed E-state index contributed by atoms with van der Waals surface area (Å²) in [6.45, 7) is 0. The Labute approximate surface area is 69.8 Å². The first kappa shape index (κ1) is 7.55. The zero-order valence-corrected chi connectivity index (χ0v) is 6.55. The van der Waals surface area contributed by atoms with E-state index in [-0.39, 0.29) is 5.82 Å². The van der Waals surface area contributed by atoms with E-state index in [4.69, 9.17) is 5.73 Å². The standard InChI is InChI=1S/C9H10FNO/c10-8-1-2-9(11)7-4-5(12)3-6(7)8/h1-2,5,12H,3-4,11H2/t5-/m0/s1. The highest BCUT2D eigenvalue weighted by Crippen LogP contribution is 2.29. The molecule has 1 atom stereocenters. The van der Waals surface area contributed by atoms with Gasteiger partial charge >= 0.3 is 0 Å². The molecule has 3 heteroatoms. The average molecular weight is 167 g/mol. The van der Waals surface area contributed by atoms with E-state index in [0.717, 1.165) is 5.56 Å². The first-order chi connectivity index (χ1) is 5.68. The fourth-order valence-electron chi connectivity index (χ4n) is 1.69. The van der Waals surface area contributed by atoms with Crippen molar-refractivity contribution in [1.82, 2.24) is 0 Å². The largest absolute Gasteiger partial charge is 0.398 e. The van der Waals surface area contributed by atoms with Crippen LogP contribution in [0.3, 0.4) is 0 Å². The lowest BCUT2D eigenvalue weighted by Gasteiger charge is -2.02. The van der Waals surface area contributed by atoms with Gasteiger partial charge in [0.05, 0.1) is 6.10 Å². The second-order valence-corrected chi connectivity index (χ2v) is 3.16. The molecule has 3 N–H and O–H groups in total. The lowest BCUT2D eigenvalue weighted by molar-refractivity contribution is 0.186. The Bertz CT molecular complexity index is 294. The maximum atomic E-state index is 13.1. The van der Waals surface area contributed by atoms with Gasteiger partial charge in [-0.15, -0.1) is 0 Å². The molecule has 1 aromatic rings. The second kappa shape index (κ2) is 2.45. The van der Waals surface area contributed by atoms with Crippen LogP contribution in [0.1, 0.15) is 11.1 Å². The topological polar surface area (TPSA) is 46.2 Å². The van der Waals surface area contributed by atoms with Crippen LogP contribution in [0.5, 0.6) is 0 Å². The van der Waals surface area contributed by atoms with Gasteiger partial charge in [0, 0.05) is 18.5 Å². The zero-order valence-electron chi connectivity index (χ0n) is 6.55. The third kappa shape index (κ3) is 0.975. The summed E-state index contributed by atoms with van der Waals surface area (Å²) in [6, 6.07) is 2.90. The fourth-order valence-corrected chi connectivity index (χ4v) is 1.69. The highest BCUT2D eigenvalue weighted by atomic mass is 19.1. The number of fused-ring (bicyclic) bond motifs is 1. The van der Waals surface area contributed by atoms with Crippen molar-refractivity contribution in [1.29, 1.82) is 0 Å². The number of rotatable bonds is 0. The van der Waals surface area contributed by atoms with Crippen molar-refractivity contribution in [3.05, 3.63) is 29.1 Å². The third-order valence-electron chi connectivity index (χ3n) is 2.29. The molecule has 0 fully saturated rings. The van der Waals surface area contributed by atoms with Crippen LogP contribution in [0.4, 0.5) is 10.1 Å². The van der Waals surface area contributed by atoms with Gasteiger partial charge in [-0.25, -0.2) is 4.39 Å². The summed E-state index contributed by atoms with van der Waals surface area (Å²) < 4.78 is 13.1. The van der Waals surface area contributed by atoms with E-state index in [0.29, 0.717) is 24.1 Å². The summed E-state index contributed by atoms with van der Waals surface area (Å²) in [5, 5.41) is 9.28. The van der Waals surface area contributed by atoms with Crippen LogP contribution in [0.15, 0.2) is 12.1 Å². The molecule has 64 valence electrons. The Morgan fingerprint density at radius 2 is 2.00 bits per heavy atom. The van der Waals surface area contributed by atoms with Crippen LogP contribution >= 0.6 is 0 Å². The van der Waals surface area contributed by atoms with Gasteiger partial charge in [0.2, 0.25) is 0 Å². The number of aliphatic hydroxyl groups excluding tert-OH is 1. The molecule has 0 aromatic heterocycles. The number of nitrogens with two attached hydrogens (primary N) is 1. The molecule has 0 heterocycles. The predicted octanol–water partition coefficient (Wildman–Crippen LogP) is 0.867. The molecule has 0 saturated heterocycles. The molecule has 0 saturated carbocycles. The van der Waals surface area contributed by atoms with Crippen LogP contribution in [-0.2, 0) is 12.8 Å². The van der Waals surface area contributed by atoms with Gasteiger partial charge in [0.25, 0.3) is 0 Å². The molecule has 1 aliphatic rings. The monoisotopic (exact) mass is 167 g/mol. The molecular weight excluding hydrogens is 157 g/mol. The molecule has 0 unspecified atom stereocenters. The number of hydrogen-bond acceptors (Lipinski definition) is 2. The molecule has 0 spiro atoms. The SMILES string of the molecule is Nc1ccc(F)c2c1C[C@@H](O)C2. The quantitative estimate of drug-likeness (QED) is 0.563. The van der Waals surface area contributed by atoms with E-state index < -0.39 is 6.10 Å². The van der Waals surface area contributed by atoms with Crippen molar-refractivity contribution < 1.29 is 9.50 Å². The first-order valence-electron chi connectivity index (χ1n) is 3.92. The minimum Gasteiger partial charge on any atom is -0.398 e. The number of benzene rings is 1. The minimum absolute atomic E-state index is 0.254. The summed E-state index contributed by atoms with van der Waals surface area (Å²) in [4.78, 5) is 0. The smallest absolute Gasteiger partial charge is 0.126 e. The maximum absolute atomic E-state index is 13.1. The van der Waals surface area contributed by atoms with Crippen LogP contribution in [0.2, 0.25) is 0 Å². The normalized spacial score (nSPS) is 21.0. The van der Waals surface area contributed by atoms with Gasteiger partial charge in [-0.1, -0.05) is 0 Å². The van der Waals surface area contributed by atoms with Crippen LogP contribution < -0.4 is 5.73 Å². The molecule has 0 radical (unpaired) electrons. The summed E-state index contributed by atoms with van der Waals surface area (Å²) in [6.07, 6.45) is 0.421. The van der Waals surface area contributed by atoms with E-state index in [1.54, 1.807) is 6.07 Å². The van der Waals surface area contributed by atoms with Gasteiger partial charge in [-0.2, -0.15) is 0 Å². The minimum atomic E-state index is -0.459. The fraction of sp³-hybridized carbons (Fsp3) is 0.333. The number of anilines is 1.